The second-order valence-corrected chi connectivity index (χ2v) is 3.41. The SMILES string of the molecule is Cc1ncn(C(C)(C)C)n1. The molecule has 0 unspecified atom stereocenters. The summed E-state index contributed by atoms with van der Waals surface area (Å²) < 4.78 is 1.86. The maximum absolute atomic E-state index is 4.19. The molecule has 1 rings (SSSR count). The number of aromatic nitrogens is 3. The van der Waals surface area contributed by atoms with Gasteiger partial charge in [0.15, 0.2) is 0 Å². The van der Waals surface area contributed by atoms with Crippen LogP contribution in [0.3, 0.4) is 0 Å². The van der Waals surface area contributed by atoms with E-state index >= 15 is 0 Å². The Labute approximate surface area is 61.1 Å². The van der Waals surface area contributed by atoms with Gasteiger partial charge < -0.3 is 0 Å². The van der Waals surface area contributed by atoms with Crippen LogP contribution in [0.15, 0.2) is 6.33 Å². The van der Waals surface area contributed by atoms with Crippen molar-refractivity contribution < 1.29 is 0 Å². The highest BCUT2D eigenvalue weighted by atomic mass is 15.4. The van der Waals surface area contributed by atoms with Gasteiger partial charge in [-0.1, -0.05) is 0 Å². The van der Waals surface area contributed by atoms with E-state index in [2.05, 4.69) is 30.9 Å². The predicted octanol–water partition coefficient (Wildman–Crippen LogP) is 1.34. The molecular formula is C7H13N3. The number of nitrogens with zero attached hydrogens (tertiary/aromatic N) is 3. The Morgan fingerprint density at radius 3 is 2.20 bits per heavy atom. The number of aryl methyl sites for hydroxylation is 1. The molecule has 0 N–H and O–H groups in total. The number of rotatable bonds is 0. The molecule has 1 aromatic heterocycles. The first kappa shape index (κ1) is 7.25. The van der Waals surface area contributed by atoms with Crippen molar-refractivity contribution in [3.05, 3.63) is 12.2 Å². The van der Waals surface area contributed by atoms with Gasteiger partial charge in [0, 0.05) is 0 Å². The van der Waals surface area contributed by atoms with Crippen LogP contribution in [0.2, 0.25) is 0 Å². The van der Waals surface area contributed by atoms with Gasteiger partial charge in [0.1, 0.15) is 12.2 Å². The van der Waals surface area contributed by atoms with Gasteiger partial charge in [0.2, 0.25) is 0 Å². The summed E-state index contributed by atoms with van der Waals surface area (Å²) in [6.07, 6.45) is 1.76. The quantitative estimate of drug-likeness (QED) is 0.543. The minimum atomic E-state index is 0.0568. The van der Waals surface area contributed by atoms with Crippen molar-refractivity contribution >= 4 is 0 Å². The Kier molecular flexibility index (Phi) is 1.50. The Bertz CT molecular complexity index is 219. The molecule has 0 spiro atoms. The van der Waals surface area contributed by atoms with Crippen LogP contribution in [0, 0.1) is 6.92 Å². The second-order valence-electron chi connectivity index (χ2n) is 3.41. The minimum absolute atomic E-state index is 0.0568. The highest BCUT2D eigenvalue weighted by molar-refractivity contribution is 4.80. The highest BCUT2D eigenvalue weighted by Gasteiger charge is 2.13. The molecule has 10 heavy (non-hydrogen) atoms. The first-order valence-electron chi connectivity index (χ1n) is 3.39. The van der Waals surface area contributed by atoms with Gasteiger partial charge in [-0.15, -0.1) is 0 Å². The van der Waals surface area contributed by atoms with Crippen LogP contribution in [0.1, 0.15) is 26.6 Å². The summed E-state index contributed by atoms with van der Waals surface area (Å²) in [4.78, 5) is 4.03. The van der Waals surface area contributed by atoms with Gasteiger partial charge in [-0.05, 0) is 27.7 Å². The van der Waals surface area contributed by atoms with E-state index in [4.69, 9.17) is 0 Å². The van der Waals surface area contributed by atoms with Crippen LogP contribution >= 0.6 is 0 Å². The molecule has 0 aliphatic carbocycles. The number of hydrogen-bond donors (Lipinski definition) is 0. The third-order valence-corrected chi connectivity index (χ3v) is 1.29. The van der Waals surface area contributed by atoms with Crippen LogP contribution in [0.25, 0.3) is 0 Å². The van der Waals surface area contributed by atoms with E-state index < -0.39 is 0 Å². The molecule has 1 heterocycles. The molecule has 56 valence electrons. The van der Waals surface area contributed by atoms with E-state index in [1.807, 2.05) is 11.6 Å². The van der Waals surface area contributed by atoms with E-state index in [-0.39, 0.29) is 5.54 Å². The Morgan fingerprint density at radius 2 is 2.00 bits per heavy atom. The average Bonchev–Trinajstić information content (AvgIpc) is 2.11. The monoisotopic (exact) mass is 139 g/mol. The van der Waals surface area contributed by atoms with Gasteiger partial charge in [0.05, 0.1) is 5.54 Å². The van der Waals surface area contributed by atoms with Crippen molar-refractivity contribution in [2.24, 2.45) is 0 Å². The van der Waals surface area contributed by atoms with Crippen molar-refractivity contribution in [1.29, 1.82) is 0 Å². The highest BCUT2D eigenvalue weighted by Crippen LogP contribution is 2.10. The molecule has 3 heteroatoms. The molecule has 3 nitrogen and oxygen atoms in total. The predicted molar refractivity (Wildman–Crippen MR) is 39.8 cm³/mol. The van der Waals surface area contributed by atoms with E-state index in [1.165, 1.54) is 0 Å². The lowest BCUT2D eigenvalue weighted by Gasteiger charge is -2.17. The van der Waals surface area contributed by atoms with E-state index in [9.17, 15) is 0 Å². The van der Waals surface area contributed by atoms with Crippen LogP contribution in [0.4, 0.5) is 0 Å². The van der Waals surface area contributed by atoms with Crippen molar-refractivity contribution in [1.82, 2.24) is 14.8 Å². The van der Waals surface area contributed by atoms with Gasteiger partial charge in [-0.25, -0.2) is 9.67 Å². The maximum atomic E-state index is 4.19. The molecule has 0 saturated carbocycles. The zero-order valence-corrected chi connectivity index (χ0v) is 6.92. The van der Waals surface area contributed by atoms with Gasteiger partial charge in [-0.3, -0.25) is 0 Å². The first-order chi connectivity index (χ1) is 4.50. The third-order valence-electron chi connectivity index (χ3n) is 1.29. The normalized spacial score (nSPS) is 12.0. The van der Waals surface area contributed by atoms with Crippen molar-refractivity contribution in [2.45, 2.75) is 33.2 Å². The van der Waals surface area contributed by atoms with E-state index in [0.717, 1.165) is 5.82 Å². The number of hydrogen-bond acceptors (Lipinski definition) is 2. The van der Waals surface area contributed by atoms with Gasteiger partial charge >= 0.3 is 0 Å². The topological polar surface area (TPSA) is 30.7 Å². The molecule has 0 aliphatic rings. The molecule has 0 aliphatic heterocycles. The molecule has 1 aromatic rings. The van der Waals surface area contributed by atoms with Crippen LogP contribution in [-0.2, 0) is 5.54 Å². The second kappa shape index (κ2) is 2.08. The van der Waals surface area contributed by atoms with Crippen LogP contribution in [0.5, 0.6) is 0 Å². The van der Waals surface area contributed by atoms with E-state index in [1.54, 1.807) is 6.33 Å². The van der Waals surface area contributed by atoms with Gasteiger partial charge in [0.25, 0.3) is 0 Å². The zero-order chi connectivity index (χ0) is 7.78. The maximum Gasteiger partial charge on any atom is 0.147 e. The summed E-state index contributed by atoms with van der Waals surface area (Å²) in [5.74, 6) is 0.829. The molecule has 0 amide bonds. The molecular weight excluding hydrogens is 126 g/mol. The fraction of sp³-hybridized carbons (Fsp3) is 0.714. The Hall–Kier alpha value is -0.860. The lowest BCUT2D eigenvalue weighted by atomic mass is 10.1. The molecule has 0 atom stereocenters. The standard InChI is InChI=1S/C7H13N3/c1-6-8-5-10(9-6)7(2,3)4/h5H,1-4H3. The lowest BCUT2D eigenvalue weighted by molar-refractivity contribution is 0.353. The Morgan fingerprint density at radius 1 is 1.40 bits per heavy atom. The average molecular weight is 139 g/mol. The summed E-state index contributed by atoms with van der Waals surface area (Å²) in [5, 5.41) is 4.19. The summed E-state index contributed by atoms with van der Waals surface area (Å²) in [7, 11) is 0. The van der Waals surface area contributed by atoms with Gasteiger partial charge in [-0.2, -0.15) is 5.10 Å². The molecule has 0 bridgehead atoms. The summed E-state index contributed by atoms with van der Waals surface area (Å²) >= 11 is 0. The van der Waals surface area contributed by atoms with Crippen molar-refractivity contribution in [3.8, 4) is 0 Å². The van der Waals surface area contributed by atoms with Crippen molar-refractivity contribution in [2.75, 3.05) is 0 Å². The molecule has 0 radical (unpaired) electrons. The first-order valence-corrected chi connectivity index (χ1v) is 3.39. The van der Waals surface area contributed by atoms with Crippen LogP contribution < -0.4 is 0 Å². The largest absolute Gasteiger partial charge is 0.247 e. The Balaban J connectivity index is 2.96. The summed E-state index contributed by atoms with van der Waals surface area (Å²) in [5.41, 5.74) is 0.0568. The molecule has 0 saturated heterocycles. The zero-order valence-electron chi connectivity index (χ0n) is 6.92. The summed E-state index contributed by atoms with van der Waals surface area (Å²) in [6, 6.07) is 0. The third kappa shape index (κ3) is 1.35. The smallest absolute Gasteiger partial charge is 0.147 e. The van der Waals surface area contributed by atoms with Crippen LogP contribution in [-0.4, -0.2) is 14.8 Å². The fourth-order valence-electron chi connectivity index (χ4n) is 0.669. The lowest BCUT2D eigenvalue weighted by Crippen LogP contribution is -2.22. The summed E-state index contributed by atoms with van der Waals surface area (Å²) in [6.45, 7) is 8.19. The minimum Gasteiger partial charge on any atom is -0.247 e. The molecule has 0 aromatic carbocycles. The fourth-order valence-corrected chi connectivity index (χ4v) is 0.669. The molecule has 0 fully saturated rings. The van der Waals surface area contributed by atoms with E-state index in [0.29, 0.717) is 0 Å². The van der Waals surface area contributed by atoms with Crippen molar-refractivity contribution in [3.63, 3.8) is 0 Å².